The molecule has 0 unspecified atom stereocenters. The molecule has 0 aliphatic carbocycles. The molecule has 1 heterocycles. The summed E-state index contributed by atoms with van der Waals surface area (Å²) in [7, 11) is 0. The molecule has 0 radical (unpaired) electrons. The van der Waals surface area contributed by atoms with Gasteiger partial charge in [-0.1, -0.05) is 6.58 Å². The lowest BCUT2D eigenvalue weighted by molar-refractivity contribution is 0.340. The van der Waals surface area contributed by atoms with Crippen LogP contribution in [0, 0.1) is 11.3 Å². The number of nitrogens with zero attached hydrogens (tertiary/aromatic N) is 3. The van der Waals surface area contributed by atoms with Crippen LogP contribution in [0.3, 0.4) is 0 Å². The van der Waals surface area contributed by atoms with Gasteiger partial charge < -0.3 is 9.15 Å². The molecule has 2 aromatic rings. The van der Waals surface area contributed by atoms with E-state index in [0.29, 0.717) is 18.1 Å². The third-order valence-electron chi connectivity index (χ3n) is 2.67. The summed E-state index contributed by atoms with van der Waals surface area (Å²) < 4.78 is 10.7. The monoisotopic (exact) mass is 296 g/mol. The van der Waals surface area contributed by atoms with Crippen LogP contribution in [0.4, 0.5) is 5.88 Å². The molecule has 2 rings (SSSR count). The van der Waals surface area contributed by atoms with Crippen LogP contribution in [0.25, 0.3) is 5.57 Å². The van der Waals surface area contributed by atoms with Crippen LogP contribution in [-0.4, -0.2) is 17.8 Å². The first-order chi connectivity index (χ1) is 10.6. The lowest BCUT2D eigenvalue weighted by Gasteiger charge is -2.02. The Morgan fingerprint density at radius 2 is 2.23 bits per heavy atom. The molecule has 6 nitrogen and oxygen atoms in total. The summed E-state index contributed by atoms with van der Waals surface area (Å²) >= 11 is 0. The highest BCUT2D eigenvalue weighted by atomic mass is 16.5. The Morgan fingerprint density at radius 3 is 2.82 bits per heavy atom. The summed E-state index contributed by atoms with van der Waals surface area (Å²) in [5.41, 5.74) is 4.34. The van der Waals surface area contributed by atoms with Gasteiger partial charge in [-0.15, -0.1) is 0 Å². The van der Waals surface area contributed by atoms with Crippen molar-refractivity contribution in [2.45, 2.75) is 13.8 Å². The first-order valence-electron chi connectivity index (χ1n) is 6.72. The van der Waals surface area contributed by atoms with Crippen molar-refractivity contribution in [3.63, 3.8) is 0 Å². The Kier molecular flexibility index (Phi) is 4.94. The Hall–Kier alpha value is -3.07. The van der Waals surface area contributed by atoms with Gasteiger partial charge in [0.25, 0.3) is 5.88 Å². The van der Waals surface area contributed by atoms with Gasteiger partial charge in [-0.3, -0.25) is 0 Å². The number of oxazole rings is 1. The SMILES string of the molecule is C=C(C)c1nc(C#N)c(N/N=C/c2ccc(OCC)cc2)o1. The van der Waals surface area contributed by atoms with E-state index in [1.165, 1.54) is 0 Å². The summed E-state index contributed by atoms with van der Waals surface area (Å²) in [6.07, 6.45) is 1.61. The zero-order chi connectivity index (χ0) is 15.9. The van der Waals surface area contributed by atoms with Crippen molar-refractivity contribution in [2.75, 3.05) is 12.0 Å². The molecule has 112 valence electrons. The maximum Gasteiger partial charge on any atom is 0.252 e. The average Bonchev–Trinajstić information content (AvgIpc) is 2.93. The van der Waals surface area contributed by atoms with Crippen LogP contribution in [0.1, 0.15) is 31.0 Å². The quantitative estimate of drug-likeness (QED) is 0.652. The van der Waals surface area contributed by atoms with Crippen LogP contribution in [-0.2, 0) is 0 Å². The van der Waals surface area contributed by atoms with E-state index in [1.807, 2.05) is 37.3 Å². The van der Waals surface area contributed by atoms with E-state index in [1.54, 1.807) is 13.1 Å². The van der Waals surface area contributed by atoms with Crippen LogP contribution in [0.2, 0.25) is 0 Å². The van der Waals surface area contributed by atoms with Gasteiger partial charge in [0.15, 0.2) is 0 Å². The summed E-state index contributed by atoms with van der Waals surface area (Å²) in [6.45, 7) is 8.03. The van der Waals surface area contributed by atoms with Gasteiger partial charge >= 0.3 is 0 Å². The minimum atomic E-state index is 0.141. The summed E-state index contributed by atoms with van der Waals surface area (Å²) in [5.74, 6) is 1.32. The van der Waals surface area contributed by atoms with Crippen molar-refractivity contribution in [1.82, 2.24) is 4.98 Å². The summed E-state index contributed by atoms with van der Waals surface area (Å²) in [5, 5.41) is 13.0. The molecule has 1 aromatic carbocycles. The highest BCUT2D eigenvalue weighted by Gasteiger charge is 2.12. The summed E-state index contributed by atoms with van der Waals surface area (Å²) in [6, 6.07) is 9.41. The van der Waals surface area contributed by atoms with Gasteiger partial charge in [0, 0.05) is 5.57 Å². The summed E-state index contributed by atoms with van der Waals surface area (Å²) in [4.78, 5) is 4.01. The van der Waals surface area contributed by atoms with Crippen LogP contribution in [0.15, 0.2) is 40.4 Å². The largest absolute Gasteiger partial charge is 0.494 e. The molecule has 0 fully saturated rings. The maximum atomic E-state index is 9.00. The highest BCUT2D eigenvalue weighted by molar-refractivity contribution is 5.80. The molecule has 0 aliphatic rings. The molecule has 0 bridgehead atoms. The lowest BCUT2D eigenvalue weighted by atomic mass is 10.2. The number of hydrogen-bond donors (Lipinski definition) is 1. The van der Waals surface area contributed by atoms with Gasteiger partial charge in [0.2, 0.25) is 11.6 Å². The van der Waals surface area contributed by atoms with Crippen LogP contribution in [0.5, 0.6) is 5.75 Å². The van der Waals surface area contributed by atoms with E-state index in [4.69, 9.17) is 14.4 Å². The van der Waals surface area contributed by atoms with E-state index in [9.17, 15) is 0 Å². The van der Waals surface area contributed by atoms with E-state index in [2.05, 4.69) is 22.1 Å². The van der Waals surface area contributed by atoms with E-state index in [0.717, 1.165) is 11.3 Å². The van der Waals surface area contributed by atoms with Crippen molar-refractivity contribution < 1.29 is 9.15 Å². The zero-order valence-corrected chi connectivity index (χ0v) is 12.5. The molecule has 0 amide bonds. The van der Waals surface area contributed by atoms with Crippen molar-refractivity contribution in [2.24, 2.45) is 5.10 Å². The van der Waals surface area contributed by atoms with Crippen molar-refractivity contribution in [3.05, 3.63) is 48.0 Å². The highest BCUT2D eigenvalue weighted by Crippen LogP contribution is 2.20. The number of rotatable bonds is 6. The van der Waals surface area contributed by atoms with E-state index >= 15 is 0 Å². The van der Waals surface area contributed by atoms with Gasteiger partial charge in [-0.2, -0.15) is 15.3 Å². The third kappa shape index (κ3) is 3.73. The number of nitriles is 1. The number of hydrogen-bond acceptors (Lipinski definition) is 6. The Bertz CT molecular complexity index is 724. The van der Waals surface area contributed by atoms with Crippen molar-refractivity contribution >= 4 is 17.7 Å². The number of hydrazone groups is 1. The molecule has 0 saturated heterocycles. The van der Waals surface area contributed by atoms with Crippen molar-refractivity contribution in [3.8, 4) is 11.8 Å². The van der Waals surface area contributed by atoms with Crippen molar-refractivity contribution in [1.29, 1.82) is 5.26 Å². The van der Waals surface area contributed by atoms with Crippen LogP contribution >= 0.6 is 0 Å². The normalized spacial score (nSPS) is 10.4. The first kappa shape index (κ1) is 15.3. The number of aromatic nitrogens is 1. The molecule has 6 heteroatoms. The maximum absolute atomic E-state index is 9.00. The number of anilines is 1. The van der Waals surface area contributed by atoms with E-state index < -0.39 is 0 Å². The molecule has 1 N–H and O–H groups in total. The molecular weight excluding hydrogens is 280 g/mol. The molecule has 0 spiro atoms. The van der Waals surface area contributed by atoms with Gasteiger partial charge in [-0.05, 0) is 43.7 Å². The van der Waals surface area contributed by atoms with Gasteiger partial charge in [0.05, 0.1) is 12.8 Å². The minimum absolute atomic E-state index is 0.141. The molecule has 0 saturated carbocycles. The molecular formula is C16H16N4O2. The Balaban J connectivity index is 2.06. The van der Waals surface area contributed by atoms with Crippen LogP contribution < -0.4 is 10.2 Å². The number of benzene rings is 1. The number of nitrogens with one attached hydrogen (secondary N) is 1. The fraction of sp³-hybridized carbons (Fsp3) is 0.188. The fourth-order valence-corrected chi connectivity index (χ4v) is 1.64. The molecule has 0 aliphatic heterocycles. The average molecular weight is 296 g/mol. The second-order valence-electron chi connectivity index (χ2n) is 4.46. The zero-order valence-electron chi connectivity index (χ0n) is 12.5. The van der Waals surface area contributed by atoms with Gasteiger partial charge in [-0.25, -0.2) is 5.43 Å². The predicted octanol–water partition coefficient (Wildman–Crippen LogP) is 3.42. The topological polar surface area (TPSA) is 83.4 Å². The third-order valence-corrected chi connectivity index (χ3v) is 2.67. The molecule has 22 heavy (non-hydrogen) atoms. The minimum Gasteiger partial charge on any atom is -0.494 e. The molecule has 0 atom stereocenters. The Morgan fingerprint density at radius 1 is 1.50 bits per heavy atom. The number of allylic oxidation sites excluding steroid dienone is 1. The van der Waals surface area contributed by atoms with E-state index in [-0.39, 0.29) is 11.6 Å². The van der Waals surface area contributed by atoms with Gasteiger partial charge in [0.1, 0.15) is 11.8 Å². The number of ether oxygens (including phenoxy) is 1. The predicted molar refractivity (Wildman–Crippen MR) is 84.8 cm³/mol. The lowest BCUT2D eigenvalue weighted by Crippen LogP contribution is -1.93. The molecule has 1 aromatic heterocycles. The second kappa shape index (κ2) is 7.09. The second-order valence-corrected chi connectivity index (χ2v) is 4.46. The fourth-order valence-electron chi connectivity index (χ4n) is 1.64. The first-order valence-corrected chi connectivity index (χ1v) is 6.72. The Labute approximate surface area is 128 Å². The standard InChI is InChI=1S/C16H16N4O2/c1-4-21-13-7-5-12(6-8-13)10-18-20-16-14(9-17)19-15(22-16)11(2)3/h5-8,10,20H,2,4H2,1,3H3/b18-10+. The smallest absolute Gasteiger partial charge is 0.252 e.